The van der Waals surface area contributed by atoms with Crippen LogP contribution in [-0.2, 0) is 6.54 Å². The Hall–Kier alpha value is -4.09. The Morgan fingerprint density at radius 2 is 1.82 bits per heavy atom. The molecule has 2 aliphatic rings. The number of benzene rings is 3. The van der Waals surface area contributed by atoms with E-state index in [0.717, 1.165) is 17.7 Å². The van der Waals surface area contributed by atoms with E-state index in [1.165, 1.54) is 6.07 Å². The maximum Gasteiger partial charge on any atom is 0.251 e. The average Bonchev–Trinajstić information content (AvgIpc) is 3.31. The molecule has 0 unspecified atom stereocenters. The molecular weight excluding hydrogens is 514 g/mol. The van der Waals surface area contributed by atoms with Crippen molar-refractivity contribution in [2.45, 2.75) is 18.8 Å². The fourth-order valence-electron chi connectivity index (χ4n) is 4.12. The number of carbonyl (C=O) groups excluding carboxylic acids is 1. The van der Waals surface area contributed by atoms with E-state index < -0.39 is 29.6 Å². The van der Waals surface area contributed by atoms with Crippen LogP contribution in [0.5, 0.6) is 28.7 Å². The molecule has 3 N–H and O–H groups in total. The van der Waals surface area contributed by atoms with Crippen molar-refractivity contribution in [1.82, 2.24) is 10.6 Å². The first-order valence-corrected chi connectivity index (χ1v) is 12.5. The van der Waals surface area contributed by atoms with Gasteiger partial charge in [0.15, 0.2) is 35.0 Å². The normalized spacial score (nSPS) is 16.3. The molecule has 39 heavy (non-hydrogen) atoms. The monoisotopic (exact) mass is 542 g/mol. The summed E-state index contributed by atoms with van der Waals surface area (Å²) < 4.78 is 55.6. The van der Waals surface area contributed by atoms with Crippen molar-refractivity contribution in [1.29, 1.82) is 0 Å². The molecule has 0 fully saturated rings. The standard InChI is InChI=1S/C28H28F2N2O7/c29-23-2-1-3-24(30)27(23)38-16-21-15-37-26-11-20(5-7-25(26)39-21)36-14-18(33)13-31-8-9-35-19-4-6-22-17(10-19)12-32-28(22)34/h1-7,10-11,18,21,31,33H,8-9,12-16H2,(H,32,34)/t18-,21-/m0/s1. The van der Waals surface area contributed by atoms with E-state index in [1.54, 1.807) is 30.3 Å². The van der Waals surface area contributed by atoms with Gasteiger partial charge in [-0.2, -0.15) is 0 Å². The van der Waals surface area contributed by atoms with Gasteiger partial charge in [-0.3, -0.25) is 4.79 Å². The Bertz CT molecular complexity index is 1300. The summed E-state index contributed by atoms with van der Waals surface area (Å²) in [5.74, 6) is -0.00536. The summed E-state index contributed by atoms with van der Waals surface area (Å²) in [7, 11) is 0. The number of halogens is 2. The number of hydrogen-bond donors (Lipinski definition) is 3. The number of rotatable bonds is 12. The molecule has 5 rings (SSSR count). The summed E-state index contributed by atoms with van der Waals surface area (Å²) in [5, 5.41) is 16.1. The number of ether oxygens (including phenoxy) is 5. The van der Waals surface area contributed by atoms with E-state index in [0.29, 0.717) is 54.8 Å². The van der Waals surface area contributed by atoms with E-state index in [4.69, 9.17) is 23.7 Å². The van der Waals surface area contributed by atoms with Gasteiger partial charge >= 0.3 is 0 Å². The molecule has 3 aromatic rings. The first-order chi connectivity index (χ1) is 19.0. The second-order valence-corrected chi connectivity index (χ2v) is 9.04. The van der Waals surface area contributed by atoms with Crippen LogP contribution in [-0.4, -0.2) is 62.7 Å². The van der Waals surface area contributed by atoms with Crippen LogP contribution in [0, 0.1) is 11.6 Å². The van der Waals surface area contributed by atoms with Gasteiger partial charge in [0.1, 0.15) is 44.0 Å². The number of aliphatic hydroxyl groups is 1. The molecule has 0 spiro atoms. The third-order valence-corrected chi connectivity index (χ3v) is 6.10. The van der Waals surface area contributed by atoms with Crippen LogP contribution in [0.4, 0.5) is 8.78 Å². The van der Waals surface area contributed by atoms with Crippen molar-refractivity contribution >= 4 is 5.91 Å². The predicted octanol–water partition coefficient (Wildman–Crippen LogP) is 2.84. The van der Waals surface area contributed by atoms with E-state index in [-0.39, 0.29) is 25.7 Å². The molecule has 0 saturated heterocycles. The summed E-state index contributed by atoms with van der Waals surface area (Å²) in [4.78, 5) is 11.6. The van der Waals surface area contributed by atoms with Gasteiger partial charge in [-0.25, -0.2) is 8.78 Å². The highest BCUT2D eigenvalue weighted by atomic mass is 19.1. The summed E-state index contributed by atoms with van der Waals surface area (Å²) in [6.45, 7) is 1.83. The largest absolute Gasteiger partial charge is 0.492 e. The number of hydrogen-bond acceptors (Lipinski definition) is 8. The number of fused-ring (bicyclic) bond motifs is 2. The van der Waals surface area contributed by atoms with Gasteiger partial charge < -0.3 is 39.4 Å². The van der Waals surface area contributed by atoms with E-state index >= 15 is 0 Å². The zero-order valence-corrected chi connectivity index (χ0v) is 21.0. The third kappa shape index (κ3) is 6.68. The van der Waals surface area contributed by atoms with Crippen molar-refractivity contribution in [3.63, 3.8) is 0 Å². The molecule has 2 atom stereocenters. The minimum absolute atomic E-state index is 0.0595. The molecule has 11 heteroatoms. The van der Waals surface area contributed by atoms with Gasteiger partial charge in [-0.15, -0.1) is 0 Å². The van der Waals surface area contributed by atoms with Gasteiger partial charge in [0.05, 0.1) is 0 Å². The minimum Gasteiger partial charge on any atom is -0.492 e. The Labute approximate surface area is 223 Å². The predicted molar refractivity (Wildman–Crippen MR) is 136 cm³/mol. The van der Waals surface area contributed by atoms with Crippen molar-refractivity contribution in [2.24, 2.45) is 0 Å². The molecule has 206 valence electrons. The molecule has 3 aromatic carbocycles. The summed E-state index contributed by atoms with van der Waals surface area (Å²) >= 11 is 0. The SMILES string of the molecule is O=C1NCc2cc(OCCNC[C@H](O)COc3ccc4c(c3)OC[C@@H](COc3c(F)cccc3F)O4)ccc21. The zero-order chi connectivity index (χ0) is 27.2. The Morgan fingerprint density at radius 1 is 1.03 bits per heavy atom. The van der Waals surface area contributed by atoms with Gasteiger partial charge in [0.25, 0.3) is 5.91 Å². The highest BCUT2D eigenvalue weighted by Crippen LogP contribution is 2.35. The zero-order valence-electron chi connectivity index (χ0n) is 21.0. The van der Waals surface area contributed by atoms with Crippen molar-refractivity contribution in [2.75, 3.05) is 39.5 Å². The quantitative estimate of drug-likeness (QED) is 0.300. The second-order valence-electron chi connectivity index (χ2n) is 9.04. The van der Waals surface area contributed by atoms with Crippen LogP contribution in [0.15, 0.2) is 54.6 Å². The third-order valence-electron chi connectivity index (χ3n) is 6.10. The lowest BCUT2D eigenvalue weighted by atomic mass is 10.1. The second kappa shape index (κ2) is 12.2. The number of para-hydroxylation sites is 1. The van der Waals surface area contributed by atoms with Gasteiger partial charge in [-0.1, -0.05) is 6.07 Å². The van der Waals surface area contributed by atoms with Crippen LogP contribution >= 0.6 is 0 Å². The lowest BCUT2D eigenvalue weighted by Gasteiger charge is -2.27. The van der Waals surface area contributed by atoms with Gasteiger partial charge in [0.2, 0.25) is 0 Å². The highest BCUT2D eigenvalue weighted by Gasteiger charge is 2.24. The van der Waals surface area contributed by atoms with E-state index in [1.807, 2.05) is 6.07 Å². The molecule has 0 bridgehead atoms. The smallest absolute Gasteiger partial charge is 0.251 e. The molecule has 0 aliphatic carbocycles. The lowest BCUT2D eigenvalue weighted by Crippen LogP contribution is -2.35. The maximum atomic E-state index is 13.7. The number of aliphatic hydroxyl groups excluding tert-OH is 1. The van der Waals surface area contributed by atoms with Crippen LogP contribution in [0.1, 0.15) is 15.9 Å². The highest BCUT2D eigenvalue weighted by molar-refractivity contribution is 5.98. The Morgan fingerprint density at radius 3 is 2.67 bits per heavy atom. The Kier molecular flexibility index (Phi) is 8.28. The van der Waals surface area contributed by atoms with Crippen molar-refractivity contribution in [3.05, 3.63) is 77.4 Å². The van der Waals surface area contributed by atoms with Gasteiger partial charge in [-0.05, 0) is 48.0 Å². The first kappa shape index (κ1) is 26.5. The summed E-state index contributed by atoms with van der Waals surface area (Å²) in [6, 6.07) is 13.9. The molecular formula is C28H28F2N2O7. The summed E-state index contributed by atoms with van der Waals surface area (Å²) in [5.41, 5.74) is 1.59. The van der Waals surface area contributed by atoms with Crippen LogP contribution in [0.3, 0.4) is 0 Å². The van der Waals surface area contributed by atoms with Gasteiger partial charge in [0, 0.05) is 31.3 Å². The average molecular weight is 543 g/mol. The molecule has 0 saturated carbocycles. The van der Waals surface area contributed by atoms with Crippen molar-refractivity contribution in [3.8, 4) is 28.7 Å². The fourth-order valence-corrected chi connectivity index (χ4v) is 4.12. The maximum absolute atomic E-state index is 13.7. The fraction of sp³-hybridized carbons (Fsp3) is 0.321. The van der Waals surface area contributed by atoms with Crippen molar-refractivity contribution < 1.29 is 42.4 Å². The molecule has 0 radical (unpaired) electrons. The van der Waals surface area contributed by atoms with E-state index in [2.05, 4.69) is 10.6 Å². The molecule has 9 nitrogen and oxygen atoms in total. The van der Waals surface area contributed by atoms with Crippen LogP contribution < -0.4 is 34.3 Å². The van der Waals surface area contributed by atoms with E-state index in [9.17, 15) is 18.7 Å². The number of nitrogens with one attached hydrogen (secondary N) is 2. The number of amides is 1. The summed E-state index contributed by atoms with van der Waals surface area (Å²) in [6.07, 6.45) is -1.31. The van der Waals surface area contributed by atoms with Crippen LogP contribution in [0.2, 0.25) is 0 Å². The first-order valence-electron chi connectivity index (χ1n) is 12.5. The number of carbonyl (C=O) groups is 1. The molecule has 2 heterocycles. The van der Waals surface area contributed by atoms with Crippen LogP contribution in [0.25, 0.3) is 0 Å². The molecule has 2 aliphatic heterocycles. The Balaban J connectivity index is 0.996. The molecule has 0 aromatic heterocycles. The minimum atomic E-state index is -0.785. The molecule has 1 amide bonds. The topological polar surface area (TPSA) is 108 Å². The lowest BCUT2D eigenvalue weighted by molar-refractivity contribution is 0.0505.